The van der Waals surface area contributed by atoms with E-state index in [9.17, 15) is 0 Å². The van der Waals surface area contributed by atoms with Crippen LogP contribution in [0.1, 0.15) is 240 Å². The summed E-state index contributed by atoms with van der Waals surface area (Å²) in [5, 5.41) is 2.14. The molecule has 3 aliphatic carbocycles. The van der Waals surface area contributed by atoms with E-state index in [-0.39, 0.29) is 137 Å². The third-order valence-electron chi connectivity index (χ3n) is 32.9. The number of methoxy groups -OCH3 is 3. The Morgan fingerprint density at radius 3 is 1.20 bits per heavy atom. The number of aryl methyl sites for hydroxylation is 3. The van der Waals surface area contributed by atoms with Crippen molar-refractivity contribution in [2.75, 3.05) is 94.0 Å². The van der Waals surface area contributed by atoms with E-state index in [0.29, 0.717) is 142 Å². The quantitative estimate of drug-likeness (QED) is 0.0426. The van der Waals surface area contributed by atoms with Crippen LogP contribution in [0.2, 0.25) is 69.5 Å². The summed E-state index contributed by atoms with van der Waals surface area (Å²) in [6, 6.07) is 13.7. The van der Waals surface area contributed by atoms with Gasteiger partial charge >= 0.3 is 19.1 Å². The lowest BCUT2D eigenvalue weighted by Gasteiger charge is -2.39. The molecule has 31 nitrogen and oxygen atoms in total. The lowest BCUT2D eigenvalue weighted by Crippen LogP contribution is -2.47. The number of rotatable bonds is 29. The van der Waals surface area contributed by atoms with E-state index >= 15 is 0 Å². The fraction of sp³-hybridized carbons (Fsp3) is 0.642. The highest BCUT2D eigenvalue weighted by molar-refractivity contribution is 9.10. The Hall–Kier alpha value is -6.64. The molecular formula is C109H151BBrCl3N12O19Si3. The van der Waals surface area contributed by atoms with Crippen LogP contribution in [-0.2, 0) is 113 Å². The Morgan fingerprint density at radius 2 is 0.804 bits per heavy atom. The summed E-state index contributed by atoms with van der Waals surface area (Å²) in [6.07, 6.45) is 27.0. The zero-order valence-electron chi connectivity index (χ0n) is 90.1. The molecule has 12 aliphatic rings. The number of nitrogens with zero attached hydrogens (tertiary/aromatic N) is 11. The molecule has 5 unspecified atom stereocenters. The van der Waals surface area contributed by atoms with Crippen LogP contribution in [0, 0.1) is 0 Å². The number of fused-ring (bicyclic) bond motifs is 9. The SMILES string of the molecule is CC(C)(C)[Si](C)(C)O[C@@H]1CO[C@H]2[C@@H]1OC[C@H]2Oc1nc2cc(Cl)c(CC3CCc4cc(Br)cnc43)nc2n1C1CCCCO1.COC/C=C/B1OC(C)(C)C(C)(C)O1.COC/C=C/c1cnc2c(c1)CCC2Cc1nc2c(cc1Cl)nc(O[C@@H]1CO[C@H]3[C@@H]1OC[C@H]3O[Si](C)(C)C(C)(C)C)n2C1CCCCO1.COC/C=C/c1cnc2c(c1)CCC2Cc1nc2nc(O[C@@H]3CO[C@H]4[C@@H]3OC[C@H]4O[Si](C)(C)C(C)(C)C)[nH]c2cc1Cl. The van der Waals surface area contributed by atoms with E-state index in [2.05, 4.69) is 152 Å². The Labute approximate surface area is 898 Å². The minimum atomic E-state index is -2.00. The molecule has 0 amide bonds. The van der Waals surface area contributed by atoms with E-state index in [1.807, 2.05) is 104 Å². The van der Waals surface area contributed by atoms with Gasteiger partial charge in [0.15, 0.2) is 60.2 Å². The Balaban J connectivity index is 0.000000136. The Kier molecular flexibility index (Phi) is 34.5. The van der Waals surface area contributed by atoms with Gasteiger partial charge in [-0.25, -0.2) is 15.0 Å². The molecule has 39 heteroatoms. The average Bonchev–Trinajstić information content (AvgIpc) is 1.60. The summed E-state index contributed by atoms with van der Waals surface area (Å²) in [5.74, 6) is 2.67. The van der Waals surface area contributed by atoms with Crippen molar-refractivity contribution >= 4 is 128 Å². The highest BCUT2D eigenvalue weighted by Crippen LogP contribution is 2.50. The topological polar surface area (TPSA) is 317 Å². The molecule has 0 spiro atoms. The van der Waals surface area contributed by atoms with Crippen molar-refractivity contribution in [2.24, 2.45) is 0 Å². The Bertz CT molecular complexity index is 6230. The smallest absolute Gasteiger partial charge is 0.456 e. The Morgan fingerprint density at radius 1 is 0.439 bits per heavy atom. The van der Waals surface area contributed by atoms with Crippen LogP contribution in [0.25, 0.3) is 45.6 Å². The first-order chi connectivity index (χ1) is 70.4. The first-order valence-corrected chi connectivity index (χ1v) is 63.7. The highest BCUT2D eigenvalue weighted by Gasteiger charge is 2.58. The van der Waals surface area contributed by atoms with Gasteiger partial charge in [0.1, 0.15) is 60.1 Å². The second-order valence-corrected chi connectivity index (χ2v) is 63.3. The minimum Gasteiger partial charge on any atom is -0.456 e. The first-order valence-electron chi connectivity index (χ1n) is 53.0. The summed E-state index contributed by atoms with van der Waals surface area (Å²) < 4.78 is 121. The number of hydrogen-bond donors (Lipinski definition) is 1. The molecule has 9 saturated heterocycles. The number of halogens is 4. The van der Waals surface area contributed by atoms with E-state index in [0.717, 1.165) is 144 Å². The van der Waals surface area contributed by atoms with Crippen molar-refractivity contribution in [3.8, 4) is 18.0 Å². The highest BCUT2D eigenvalue weighted by atomic mass is 79.9. The number of hydrogen-bond acceptors (Lipinski definition) is 28. The van der Waals surface area contributed by atoms with Crippen LogP contribution in [-0.4, -0.2) is 269 Å². The maximum atomic E-state index is 6.92. The number of aromatic amines is 1. The van der Waals surface area contributed by atoms with Crippen molar-refractivity contribution in [2.45, 2.75) is 355 Å². The van der Waals surface area contributed by atoms with E-state index < -0.39 is 25.0 Å². The number of ether oxygens (including phenoxy) is 14. The van der Waals surface area contributed by atoms with Gasteiger partial charge in [0.05, 0.1) is 127 Å². The standard InChI is InChI=1S/C36H49ClN4O6Si.C32H42BrClN4O5Si.C31H41ClN4O5Si.C10H19BO3/c1-36(2,3)48(5,6)47-29-21-45-32-28(20-44-33(29)32)46-35-40-27-18-25(37)26(39-34(27)41(35)30-11-7-8-15-43-30)17-24-13-12-23-16-22(10-9-14-42-4)19-38-31(23)24;1-32(2,3)44(4,5)43-25-17-41-28-24(16-40-29(25)28)42-31-37-23-14-21(34)22(36-30(23)38(31)26-8-6-7-11-39-26)13-19-10-9-18-12-20(33)15-35-27(18)19;1-31(2,3)42(5,6)41-25-17-39-27-24(16-38-28(25)27)40-30-35-23-14-21(32)22(34-29(23)36-30)13-20-10-9-19-12-18(8-7-11-37-4)15-33-26(19)20;1-9(2)10(3,4)14-11(13-9)7-6-8-12-5/h9-10,16,18-19,24,28-30,32-33H,7-8,11-15,17,20-21H2,1-6H3;12,14-15,19,24-26,28-29H,6-11,13,16-17H2,1-5H3;7-8,12,14-15,20,24-25,27-28H,9-11,13,16-17H2,1-6H3,(H,34,35,36);6-7H,8H2,1-5H3/b10-9+;;8-7+;7-6+/t24?,28-,29-,30?,32-,33-;19?,24-,25-,26?,28-,29-;20?,24-,25-,27-,28-;/m111./s1. The molecular weight excluding hydrogens is 2060 g/mol. The maximum absolute atomic E-state index is 6.92. The lowest BCUT2D eigenvalue weighted by molar-refractivity contribution is -0.0408. The van der Waals surface area contributed by atoms with E-state index in [1.165, 1.54) is 16.7 Å². The zero-order chi connectivity index (χ0) is 105. The van der Waals surface area contributed by atoms with Gasteiger partial charge in [-0.15, -0.1) is 0 Å². The van der Waals surface area contributed by atoms with Crippen LogP contribution >= 0.6 is 50.7 Å². The fourth-order valence-electron chi connectivity index (χ4n) is 20.9. The van der Waals surface area contributed by atoms with Crippen LogP contribution in [0.15, 0.2) is 83.7 Å². The van der Waals surface area contributed by atoms with Crippen molar-refractivity contribution in [1.29, 1.82) is 0 Å². The average molecular weight is 2210 g/mol. The molecule has 0 aromatic carbocycles. The van der Waals surface area contributed by atoms with Gasteiger partial charge in [0.25, 0.3) is 6.01 Å². The monoisotopic (exact) mass is 2210 g/mol. The molecule has 1 N–H and O–H groups in total. The van der Waals surface area contributed by atoms with Crippen LogP contribution < -0.4 is 14.2 Å². The summed E-state index contributed by atoms with van der Waals surface area (Å²) in [6.45, 7) is 47.8. The molecule has 9 aromatic rings. The van der Waals surface area contributed by atoms with Crippen LogP contribution in [0.4, 0.5) is 0 Å². The van der Waals surface area contributed by atoms with Crippen LogP contribution in [0.3, 0.4) is 0 Å². The molecule has 9 fully saturated rings. The van der Waals surface area contributed by atoms with Crippen LogP contribution in [0.5, 0.6) is 18.0 Å². The summed E-state index contributed by atoms with van der Waals surface area (Å²) >= 11 is 24.1. The number of H-pyrrole nitrogens is 1. The van der Waals surface area contributed by atoms with Crippen molar-refractivity contribution < 1.29 is 88.9 Å². The summed E-state index contributed by atoms with van der Waals surface area (Å²) in [5.41, 5.74) is 15.6. The molecule has 9 aliphatic heterocycles. The normalized spacial score (nSPS) is 27.3. The molecule has 9 aromatic heterocycles. The molecule has 0 bridgehead atoms. The lowest BCUT2D eigenvalue weighted by atomic mass is 9.90. The molecule has 0 radical (unpaired) electrons. The molecule has 21 rings (SSSR count). The third kappa shape index (κ3) is 24.6. The minimum absolute atomic E-state index is 0.0860. The number of nitrogens with one attached hydrogen (secondary N) is 1. The van der Waals surface area contributed by atoms with Gasteiger partial charge in [0.2, 0.25) is 0 Å². The van der Waals surface area contributed by atoms with Gasteiger partial charge in [0, 0.05) is 92.4 Å². The third-order valence-corrected chi connectivity index (χ3v) is 47.8. The second-order valence-electron chi connectivity index (χ2n) is 46.9. The second kappa shape index (κ2) is 46.0. The largest absolute Gasteiger partial charge is 0.486 e. The van der Waals surface area contributed by atoms with Crippen molar-refractivity contribution in [3.63, 3.8) is 0 Å². The van der Waals surface area contributed by atoms with E-state index in [1.54, 1.807) is 21.3 Å². The fourth-order valence-corrected chi connectivity index (χ4v) is 25.9. The first kappa shape index (κ1) is 111. The maximum Gasteiger partial charge on any atom is 0.486 e. The van der Waals surface area contributed by atoms with Gasteiger partial charge in [-0.3, -0.25) is 24.1 Å². The molecule has 18 heterocycles. The number of imidazole rings is 3. The summed E-state index contributed by atoms with van der Waals surface area (Å²) in [4.78, 5) is 47.3. The predicted octanol–water partition coefficient (Wildman–Crippen LogP) is 21.9. The van der Waals surface area contributed by atoms with Gasteiger partial charge < -0.3 is 93.9 Å². The zero-order valence-corrected chi connectivity index (χ0v) is 97.0. The molecule has 148 heavy (non-hydrogen) atoms. The molecule has 17 atom stereocenters. The van der Waals surface area contributed by atoms with Crippen molar-refractivity contribution in [1.82, 2.24) is 59.0 Å². The molecule has 804 valence electrons. The number of aromatic nitrogens is 12. The van der Waals surface area contributed by atoms with Crippen molar-refractivity contribution in [3.05, 3.63) is 161 Å². The summed E-state index contributed by atoms with van der Waals surface area (Å²) in [7, 11) is -1.15. The van der Waals surface area contributed by atoms with Gasteiger partial charge in [-0.1, -0.05) is 133 Å². The van der Waals surface area contributed by atoms with Gasteiger partial charge in [-0.2, -0.15) is 15.0 Å². The predicted molar refractivity (Wildman–Crippen MR) is 583 cm³/mol. The van der Waals surface area contributed by atoms with E-state index in [4.69, 9.17) is 164 Å². The van der Waals surface area contributed by atoms with Gasteiger partial charge in [-0.05, 0) is 259 Å². The number of pyridine rings is 6. The molecule has 0 saturated carbocycles.